The van der Waals surface area contributed by atoms with Crippen LogP contribution >= 0.6 is 0 Å². The molecule has 1 aromatic heterocycles. The third-order valence-electron chi connectivity index (χ3n) is 11.1. The van der Waals surface area contributed by atoms with Crippen LogP contribution in [0.1, 0.15) is 11.1 Å². The Morgan fingerprint density at radius 3 is 1.82 bits per heavy atom. The molecule has 0 saturated carbocycles. The van der Waals surface area contributed by atoms with E-state index in [1.807, 2.05) is 0 Å². The van der Waals surface area contributed by atoms with Crippen LogP contribution in [-0.4, -0.2) is 9.55 Å². The molecule has 0 bridgehead atoms. The van der Waals surface area contributed by atoms with E-state index >= 15 is 0 Å². The first-order valence-corrected chi connectivity index (χ1v) is 19.2. The third kappa shape index (κ3) is 5.64. The second-order valence-electron chi connectivity index (χ2n) is 14.5. The van der Waals surface area contributed by atoms with Gasteiger partial charge in [-0.05, 0) is 107 Å². The Kier molecular flexibility index (Phi) is 8.26. The van der Waals surface area contributed by atoms with Crippen molar-refractivity contribution in [2.75, 3.05) is 4.90 Å². The topological polar surface area (TPSA) is 21.1 Å². The van der Waals surface area contributed by atoms with Crippen LogP contribution in [0, 0.1) is 13.8 Å². The van der Waals surface area contributed by atoms with Crippen molar-refractivity contribution >= 4 is 49.6 Å². The Labute approximate surface area is 327 Å². The van der Waals surface area contributed by atoms with E-state index in [0.29, 0.717) is 0 Å². The molecule has 0 aliphatic rings. The van der Waals surface area contributed by atoms with Crippen molar-refractivity contribution in [3.05, 3.63) is 211 Å². The number of benzene rings is 9. The second kappa shape index (κ2) is 13.9. The summed E-state index contributed by atoms with van der Waals surface area (Å²) in [5.74, 6) is 0.933. The molecule has 1 heterocycles. The highest BCUT2D eigenvalue weighted by Crippen LogP contribution is 2.44. The third-order valence-corrected chi connectivity index (χ3v) is 11.1. The highest BCUT2D eigenvalue weighted by molar-refractivity contribution is 6.19. The van der Waals surface area contributed by atoms with Crippen LogP contribution in [0.5, 0.6) is 0 Å². The summed E-state index contributed by atoms with van der Waals surface area (Å²) in [5.41, 5.74) is 15.1. The van der Waals surface area contributed by atoms with Crippen molar-refractivity contribution in [1.29, 1.82) is 0 Å². The summed E-state index contributed by atoms with van der Waals surface area (Å²) in [4.78, 5) is 7.78. The van der Waals surface area contributed by atoms with Crippen LogP contribution in [0.4, 0.5) is 17.1 Å². The lowest BCUT2D eigenvalue weighted by molar-refractivity contribution is 1.10. The van der Waals surface area contributed by atoms with Crippen molar-refractivity contribution in [2.45, 2.75) is 13.8 Å². The number of aryl methyl sites for hydroxylation is 2. The van der Waals surface area contributed by atoms with E-state index in [9.17, 15) is 0 Å². The van der Waals surface area contributed by atoms with Crippen LogP contribution in [0.2, 0.25) is 0 Å². The van der Waals surface area contributed by atoms with E-state index in [2.05, 4.69) is 224 Å². The van der Waals surface area contributed by atoms with Crippen molar-refractivity contribution in [2.24, 2.45) is 0 Å². The van der Waals surface area contributed by atoms with Gasteiger partial charge in [0, 0.05) is 33.4 Å². The van der Waals surface area contributed by atoms with Crippen LogP contribution in [0.15, 0.2) is 200 Å². The monoisotopic (exact) mass is 717 g/mol. The highest BCUT2D eigenvalue weighted by Gasteiger charge is 2.21. The van der Waals surface area contributed by atoms with Gasteiger partial charge >= 0.3 is 0 Å². The molecule has 10 aromatic rings. The number of imidazole rings is 1. The molecule has 9 aromatic carbocycles. The van der Waals surface area contributed by atoms with Crippen molar-refractivity contribution < 1.29 is 0 Å². The summed E-state index contributed by atoms with van der Waals surface area (Å²) in [6.07, 6.45) is 0. The van der Waals surface area contributed by atoms with Gasteiger partial charge < -0.3 is 4.90 Å². The minimum Gasteiger partial charge on any atom is -0.310 e. The lowest BCUT2D eigenvalue weighted by Crippen LogP contribution is -2.10. The molecule has 0 unspecified atom stereocenters. The van der Waals surface area contributed by atoms with Gasteiger partial charge in [0.2, 0.25) is 0 Å². The molecule has 0 fully saturated rings. The van der Waals surface area contributed by atoms with Gasteiger partial charge in [-0.2, -0.15) is 0 Å². The first kappa shape index (κ1) is 33.3. The predicted molar refractivity (Wildman–Crippen MR) is 237 cm³/mol. The zero-order chi connectivity index (χ0) is 37.6. The molecule has 3 heteroatoms. The van der Waals surface area contributed by atoms with E-state index in [4.69, 9.17) is 4.98 Å². The van der Waals surface area contributed by atoms with Crippen LogP contribution in [0.25, 0.3) is 71.9 Å². The Morgan fingerprint density at radius 2 is 1.02 bits per heavy atom. The molecule has 0 atom stereocenters. The Hall–Kier alpha value is -7.23. The van der Waals surface area contributed by atoms with Gasteiger partial charge in [-0.3, -0.25) is 4.57 Å². The maximum absolute atomic E-state index is 5.38. The number of rotatable bonds is 7. The molecule has 0 aliphatic heterocycles. The first-order chi connectivity index (χ1) is 27.6. The van der Waals surface area contributed by atoms with Gasteiger partial charge in [-0.15, -0.1) is 0 Å². The fourth-order valence-electron chi connectivity index (χ4n) is 8.45. The zero-order valence-corrected chi connectivity index (χ0v) is 31.4. The molecule has 0 amide bonds. The number of fused-ring (bicyclic) bond motifs is 5. The van der Waals surface area contributed by atoms with Crippen molar-refractivity contribution in [3.63, 3.8) is 0 Å². The molecule has 0 N–H and O–H groups in total. The second-order valence-corrected chi connectivity index (χ2v) is 14.5. The van der Waals surface area contributed by atoms with Gasteiger partial charge in [0.25, 0.3) is 0 Å². The molecule has 10 rings (SSSR count). The maximum Gasteiger partial charge on any atom is 0.145 e. The number of hydrogen-bond donors (Lipinski definition) is 0. The molecule has 266 valence electrons. The SMILES string of the molecule is Cc1ccccc1-c1c(C)cccc1-c1cccc(N(c2ccccc2)c2cccc3c2ccc2c3ccc3c2nc(-c2ccccc2)n3-c2ccccc2)c1. The van der Waals surface area contributed by atoms with E-state index < -0.39 is 0 Å². The van der Waals surface area contributed by atoms with Gasteiger partial charge in [0.1, 0.15) is 5.82 Å². The fourth-order valence-corrected chi connectivity index (χ4v) is 8.45. The van der Waals surface area contributed by atoms with Gasteiger partial charge in [0.05, 0.1) is 16.7 Å². The highest BCUT2D eigenvalue weighted by atomic mass is 15.1. The summed E-state index contributed by atoms with van der Waals surface area (Å²) in [5, 5.41) is 4.68. The minimum atomic E-state index is 0.933. The smallest absolute Gasteiger partial charge is 0.145 e. The van der Waals surface area contributed by atoms with E-state index in [1.165, 1.54) is 49.5 Å². The predicted octanol–water partition coefficient (Wildman–Crippen LogP) is 14.4. The number of nitrogens with zero attached hydrogens (tertiary/aromatic N) is 3. The summed E-state index contributed by atoms with van der Waals surface area (Å²) < 4.78 is 2.29. The van der Waals surface area contributed by atoms with Gasteiger partial charge in [-0.1, -0.05) is 152 Å². The summed E-state index contributed by atoms with van der Waals surface area (Å²) in [7, 11) is 0. The Morgan fingerprint density at radius 1 is 0.429 bits per heavy atom. The van der Waals surface area contributed by atoms with E-state index in [-0.39, 0.29) is 0 Å². The Bertz CT molecular complexity index is 3040. The molecular formula is C53H39N3. The standard InChI is InChI=1S/C53H39N3/c1-36-17-12-13-27-43(36)51-37(2)18-14-28-44(51)39-21-15-26-42(35-39)55(40-22-8-4-9-23-40)49-30-16-29-45-46-33-34-50-52(48(46)32-31-47(45)49)54-53(38-19-6-3-7-20-38)56(50)41-24-10-5-11-25-41/h3-35H,1-2H3. The zero-order valence-electron chi connectivity index (χ0n) is 31.4. The number of anilines is 3. The van der Waals surface area contributed by atoms with Crippen molar-refractivity contribution in [3.8, 4) is 39.3 Å². The van der Waals surface area contributed by atoms with Gasteiger partial charge in [-0.25, -0.2) is 4.98 Å². The number of para-hydroxylation sites is 2. The summed E-state index contributed by atoms with van der Waals surface area (Å²) in [6, 6.07) is 71.8. The first-order valence-electron chi connectivity index (χ1n) is 19.2. The summed E-state index contributed by atoms with van der Waals surface area (Å²) in [6.45, 7) is 4.42. The lowest BCUT2D eigenvalue weighted by atomic mass is 9.89. The van der Waals surface area contributed by atoms with Crippen LogP contribution in [0.3, 0.4) is 0 Å². The maximum atomic E-state index is 5.38. The van der Waals surface area contributed by atoms with Crippen LogP contribution in [-0.2, 0) is 0 Å². The van der Waals surface area contributed by atoms with Crippen LogP contribution < -0.4 is 4.90 Å². The molecule has 56 heavy (non-hydrogen) atoms. The quantitative estimate of drug-likeness (QED) is 0.153. The molecule has 3 nitrogen and oxygen atoms in total. The molecular weight excluding hydrogens is 679 g/mol. The molecule has 0 spiro atoms. The average molecular weight is 718 g/mol. The number of hydrogen-bond acceptors (Lipinski definition) is 2. The summed E-state index contributed by atoms with van der Waals surface area (Å²) >= 11 is 0. The lowest BCUT2D eigenvalue weighted by Gasteiger charge is -2.28. The van der Waals surface area contributed by atoms with Gasteiger partial charge in [0.15, 0.2) is 0 Å². The molecule has 0 aliphatic carbocycles. The largest absolute Gasteiger partial charge is 0.310 e. The minimum absolute atomic E-state index is 0.933. The molecule has 0 saturated heterocycles. The Balaban J connectivity index is 1.17. The number of aromatic nitrogens is 2. The van der Waals surface area contributed by atoms with Crippen molar-refractivity contribution in [1.82, 2.24) is 9.55 Å². The fraction of sp³-hybridized carbons (Fsp3) is 0.0377. The molecule has 0 radical (unpaired) electrons. The normalized spacial score (nSPS) is 11.4. The van der Waals surface area contributed by atoms with E-state index in [0.717, 1.165) is 50.6 Å². The average Bonchev–Trinajstić information content (AvgIpc) is 3.65. The van der Waals surface area contributed by atoms with E-state index in [1.54, 1.807) is 0 Å².